The molecule has 154 valence electrons. The van der Waals surface area contributed by atoms with E-state index >= 15 is 0 Å². The van der Waals surface area contributed by atoms with Crippen LogP contribution in [-0.2, 0) is 6.61 Å². The largest absolute Gasteiger partial charge is 0.493 e. The third-order valence-corrected chi connectivity index (χ3v) is 4.60. The van der Waals surface area contributed by atoms with Gasteiger partial charge in [0, 0.05) is 5.56 Å². The van der Waals surface area contributed by atoms with Crippen molar-refractivity contribution >= 4 is 11.9 Å². The number of nitrogens with zero attached hydrogens (tertiary/aromatic N) is 4. The fourth-order valence-corrected chi connectivity index (χ4v) is 2.99. The first-order chi connectivity index (χ1) is 15.2. The summed E-state index contributed by atoms with van der Waals surface area (Å²) in [5.41, 5.74) is 3.14. The molecule has 4 rings (SSSR count). The number of carbonyl (C=O) groups is 1. The van der Waals surface area contributed by atoms with E-state index in [1.807, 2.05) is 54.6 Å². The molecule has 4 aromatic rings. The maximum atomic E-state index is 12.7. The summed E-state index contributed by atoms with van der Waals surface area (Å²) in [5.74, 6) is 1.12. The lowest BCUT2D eigenvalue weighted by molar-refractivity contribution is 0.104. The number of ether oxygens (including phenoxy) is 2. The molecule has 0 atom stereocenters. The number of hydrogen-bond donors (Lipinski definition) is 0. The lowest BCUT2D eigenvalue weighted by Crippen LogP contribution is -2.00. The smallest absolute Gasteiger partial charge is 0.185 e. The van der Waals surface area contributed by atoms with Crippen LogP contribution in [0.15, 0.2) is 85.2 Å². The van der Waals surface area contributed by atoms with Gasteiger partial charge in [0.15, 0.2) is 17.3 Å². The first-order valence-corrected chi connectivity index (χ1v) is 9.63. The number of benzene rings is 3. The van der Waals surface area contributed by atoms with Crippen LogP contribution in [0, 0.1) is 0 Å². The highest BCUT2D eigenvalue weighted by atomic mass is 16.5. The van der Waals surface area contributed by atoms with Gasteiger partial charge >= 0.3 is 0 Å². The molecule has 0 N–H and O–H groups in total. The molecular formula is C24H20N4O3. The number of rotatable bonds is 8. The second-order valence-corrected chi connectivity index (χ2v) is 6.69. The maximum absolute atomic E-state index is 12.7. The Labute approximate surface area is 179 Å². The van der Waals surface area contributed by atoms with Crippen molar-refractivity contribution in [2.45, 2.75) is 6.61 Å². The van der Waals surface area contributed by atoms with Crippen LogP contribution in [0.25, 0.3) is 11.8 Å². The molecule has 0 radical (unpaired) electrons. The molecule has 0 saturated heterocycles. The van der Waals surface area contributed by atoms with Gasteiger partial charge in [0.1, 0.15) is 12.9 Å². The zero-order valence-electron chi connectivity index (χ0n) is 16.9. The molecule has 0 fully saturated rings. The zero-order valence-corrected chi connectivity index (χ0v) is 16.9. The molecule has 0 amide bonds. The lowest BCUT2D eigenvalue weighted by atomic mass is 10.1. The third kappa shape index (κ3) is 5.02. The zero-order chi connectivity index (χ0) is 21.5. The molecule has 0 unspecified atom stereocenters. The van der Waals surface area contributed by atoms with Gasteiger partial charge < -0.3 is 9.47 Å². The van der Waals surface area contributed by atoms with E-state index in [1.54, 1.807) is 31.4 Å². The van der Waals surface area contributed by atoms with Gasteiger partial charge in [-0.1, -0.05) is 54.6 Å². The van der Waals surface area contributed by atoms with E-state index in [4.69, 9.17) is 9.47 Å². The van der Waals surface area contributed by atoms with Gasteiger partial charge in [-0.15, -0.1) is 5.10 Å². The minimum atomic E-state index is -0.127. The molecule has 0 saturated carbocycles. The van der Waals surface area contributed by atoms with Crippen LogP contribution in [-0.4, -0.2) is 33.1 Å². The normalized spacial score (nSPS) is 10.9. The highest BCUT2D eigenvalue weighted by Gasteiger charge is 2.08. The minimum Gasteiger partial charge on any atom is -0.493 e. The van der Waals surface area contributed by atoms with Crippen molar-refractivity contribution in [1.82, 2.24) is 20.2 Å². The summed E-state index contributed by atoms with van der Waals surface area (Å²) in [6.45, 7) is 0.424. The Balaban J connectivity index is 1.49. The molecule has 0 bridgehead atoms. The Morgan fingerprint density at radius 1 is 1.00 bits per heavy atom. The fourth-order valence-electron chi connectivity index (χ4n) is 2.99. The number of aromatic nitrogens is 4. The van der Waals surface area contributed by atoms with Crippen LogP contribution in [0.3, 0.4) is 0 Å². The van der Waals surface area contributed by atoms with Gasteiger partial charge in [0.25, 0.3) is 0 Å². The third-order valence-electron chi connectivity index (χ3n) is 4.60. The first-order valence-electron chi connectivity index (χ1n) is 9.63. The maximum Gasteiger partial charge on any atom is 0.185 e. The van der Waals surface area contributed by atoms with Gasteiger partial charge in [-0.05, 0) is 51.9 Å². The Hall–Kier alpha value is -4.26. The van der Waals surface area contributed by atoms with Gasteiger partial charge in [0.2, 0.25) is 0 Å². The Morgan fingerprint density at radius 2 is 1.87 bits per heavy atom. The van der Waals surface area contributed by atoms with Gasteiger partial charge in [0.05, 0.1) is 12.8 Å². The van der Waals surface area contributed by atoms with E-state index in [9.17, 15) is 4.79 Å². The molecule has 0 aliphatic rings. The Bertz CT molecular complexity index is 1190. The van der Waals surface area contributed by atoms with Crippen molar-refractivity contribution in [3.8, 4) is 17.2 Å². The standard InChI is InChI=1S/C24H20N4O3/c1-30-23-13-11-18(14-24(23)31-16-19-6-3-2-4-7-19)10-12-22(29)20-8-5-9-21(15-20)28-17-25-26-27-28/h2-15,17H,16H2,1H3/b12-10+. The quantitative estimate of drug-likeness (QED) is 0.320. The number of hydrogen-bond acceptors (Lipinski definition) is 6. The Morgan fingerprint density at radius 3 is 2.65 bits per heavy atom. The molecule has 0 spiro atoms. The van der Waals surface area contributed by atoms with Crippen LogP contribution in [0.4, 0.5) is 0 Å². The predicted molar refractivity (Wildman–Crippen MR) is 116 cm³/mol. The highest BCUT2D eigenvalue weighted by molar-refractivity contribution is 6.07. The summed E-state index contributed by atoms with van der Waals surface area (Å²) in [6, 6.07) is 22.6. The van der Waals surface area contributed by atoms with E-state index in [-0.39, 0.29) is 5.78 Å². The molecule has 0 aliphatic heterocycles. The van der Waals surface area contributed by atoms with Crippen molar-refractivity contribution in [2.75, 3.05) is 7.11 Å². The lowest BCUT2D eigenvalue weighted by Gasteiger charge is -2.11. The summed E-state index contributed by atoms with van der Waals surface area (Å²) in [4.78, 5) is 12.7. The van der Waals surface area contributed by atoms with Crippen LogP contribution in [0.5, 0.6) is 11.5 Å². The summed E-state index contributed by atoms with van der Waals surface area (Å²) in [7, 11) is 1.60. The molecule has 1 aromatic heterocycles. The SMILES string of the molecule is COc1ccc(/C=C/C(=O)c2cccc(-n3cnnn3)c2)cc1OCc1ccccc1. The molecule has 0 aliphatic carbocycles. The first kappa shape index (κ1) is 20.0. The number of ketones is 1. The van der Waals surface area contributed by atoms with Crippen LogP contribution in [0.2, 0.25) is 0 Å². The number of carbonyl (C=O) groups excluding carboxylic acids is 1. The van der Waals surface area contributed by atoms with Crippen LogP contribution < -0.4 is 9.47 Å². The molecular weight excluding hydrogens is 392 g/mol. The van der Waals surface area contributed by atoms with Crippen molar-refractivity contribution in [3.63, 3.8) is 0 Å². The summed E-state index contributed by atoms with van der Waals surface area (Å²) in [6.07, 6.45) is 4.76. The highest BCUT2D eigenvalue weighted by Crippen LogP contribution is 2.29. The second-order valence-electron chi connectivity index (χ2n) is 6.69. The van der Waals surface area contributed by atoms with Crippen LogP contribution >= 0.6 is 0 Å². The molecule has 7 heteroatoms. The summed E-state index contributed by atoms with van der Waals surface area (Å²) >= 11 is 0. The average molecular weight is 412 g/mol. The minimum absolute atomic E-state index is 0.127. The van der Waals surface area contributed by atoms with Crippen molar-refractivity contribution < 1.29 is 14.3 Å². The summed E-state index contributed by atoms with van der Waals surface area (Å²) in [5, 5.41) is 11.1. The molecule has 1 heterocycles. The monoisotopic (exact) mass is 412 g/mol. The predicted octanol–water partition coefficient (Wildman–Crippen LogP) is 4.15. The van der Waals surface area contributed by atoms with E-state index < -0.39 is 0 Å². The number of allylic oxidation sites excluding steroid dienone is 1. The van der Waals surface area contributed by atoms with Gasteiger partial charge in [-0.3, -0.25) is 4.79 Å². The fraction of sp³-hybridized carbons (Fsp3) is 0.0833. The summed E-state index contributed by atoms with van der Waals surface area (Å²) < 4.78 is 12.8. The van der Waals surface area contributed by atoms with E-state index in [0.717, 1.165) is 11.1 Å². The van der Waals surface area contributed by atoms with Crippen LogP contribution in [0.1, 0.15) is 21.5 Å². The van der Waals surface area contributed by atoms with E-state index in [1.165, 1.54) is 17.1 Å². The van der Waals surface area contributed by atoms with E-state index in [2.05, 4.69) is 15.5 Å². The van der Waals surface area contributed by atoms with Gasteiger partial charge in [-0.2, -0.15) is 0 Å². The second kappa shape index (κ2) is 9.49. The average Bonchev–Trinajstić information content (AvgIpc) is 3.37. The van der Waals surface area contributed by atoms with Crippen molar-refractivity contribution in [3.05, 3.63) is 102 Å². The van der Waals surface area contributed by atoms with E-state index in [0.29, 0.717) is 29.4 Å². The number of methoxy groups -OCH3 is 1. The molecule has 31 heavy (non-hydrogen) atoms. The number of tetrazole rings is 1. The van der Waals surface area contributed by atoms with Crippen molar-refractivity contribution in [2.24, 2.45) is 0 Å². The van der Waals surface area contributed by atoms with Crippen molar-refractivity contribution in [1.29, 1.82) is 0 Å². The Kier molecular flexibility index (Phi) is 6.13. The molecule has 3 aromatic carbocycles. The molecule has 7 nitrogen and oxygen atoms in total. The van der Waals surface area contributed by atoms with Gasteiger partial charge in [-0.25, -0.2) is 4.68 Å². The topological polar surface area (TPSA) is 79.1 Å².